The number of nitrogens with zero attached hydrogens (tertiary/aromatic N) is 2. The van der Waals surface area contributed by atoms with Gasteiger partial charge < -0.3 is 10.6 Å². The number of hydrogen-bond donors (Lipinski definition) is 3. The fourth-order valence-corrected chi connectivity index (χ4v) is 2.92. The van der Waals surface area contributed by atoms with E-state index in [1.807, 2.05) is 6.26 Å². The van der Waals surface area contributed by atoms with Crippen LogP contribution in [0.1, 0.15) is 13.3 Å². The molecular weight excluding hydrogens is 358 g/mol. The molecule has 0 saturated heterocycles. The van der Waals surface area contributed by atoms with Crippen molar-refractivity contribution in [3.8, 4) is 0 Å². The number of carbonyl (C=O) groups excluding carboxylic acids is 2. The lowest BCUT2D eigenvalue weighted by Gasteiger charge is -2.17. The molecule has 0 aliphatic carbocycles. The van der Waals surface area contributed by atoms with E-state index < -0.39 is 17.3 Å². The maximum atomic E-state index is 12.4. The average molecular weight is 379 g/mol. The van der Waals surface area contributed by atoms with Crippen molar-refractivity contribution in [1.29, 1.82) is 0 Å². The second kappa shape index (κ2) is 9.18. The highest BCUT2D eigenvalue weighted by Gasteiger charge is 2.18. The van der Waals surface area contributed by atoms with Crippen molar-refractivity contribution < 1.29 is 9.59 Å². The second-order valence-corrected chi connectivity index (χ2v) is 6.60. The third-order valence-electron chi connectivity index (χ3n) is 3.69. The molecule has 0 aliphatic heterocycles. The van der Waals surface area contributed by atoms with E-state index in [-0.39, 0.29) is 30.6 Å². The van der Waals surface area contributed by atoms with Crippen LogP contribution < -0.4 is 21.9 Å². The van der Waals surface area contributed by atoms with Crippen LogP contribution >= 0.6 is 11.8 Å². The zero-order valence-corrected chi connectivity index (χ0v) is 15.4. The molecule has 0 bridgehead atoms. The molecule has 0 aliphatic rings. The van der Waals surface area contributed by atoms with Crippen LogP contribution in [0.15, 0.2) is 27.9 Å². The quantitative estimate of drug-likeness (QED) is 0.565. The summed E-state index contributed by atoms with van der Waals surface area (Å²) in [5, 5.41) is 5.56. The normalized spacial score (nSPS) is 11.9. The van der Waals surface area contributed by atoms with E-state index in [1.54, 1.807) is 23.9 Å². The molecule has 26 heavy (non-hydrogen) atoms. The smallest absolute Gasteiger partial charge is 0.330 e. The summed E-state index contributed by atoms with van der Waals surface area (Å²) < 4.78 is 1.01. The van der Waals surface area contributed by atoms with Crippen molar-refractivity contribution in [1.82, 2.24) is 25.2 Å². The molecule has 0 unspecified atom stereocenters. The summed E-state index contributed by atoms with van der Waals surface area (Å²) in [4.78, 5) is 54.4. The van der Waals surface area contributed by atoms with Gasteiger partial charge in [-0.15, -0.1) is 0 Å². The third-order valence-corrected chi connectivity index (χ3v) is 4.34. The Morgan fingerprint density at radius 3 is 2.85 bits per heavy atom. The Bertz CT molecular complexity index is 907. The van der Waals surface area contributed by atoms with E-state index >= 15 is 0 Å². The van der Waals surface area contributed by atoms with Gasteiger partial charge in [0, 0.05) is 26.2 Å². The molecule has 0 spiro atoms. The van der Waals surface area contributed by atoms with E-state index in [0.717, 1.165) is 10.3 Å². The molecule has 0 fully saturated rings. The molecule has 2 heterocycles. The lowest BCUT2D eigenvalue weighted by molar-refractivity contribution is -0.128. The maximum Gasteiger partial charge on any atom is 0.330 e. The largest absolute Gasteiger partial charge is 0.353 e. The monoisotopic (exact) mass is 379 g/mol. The van der Waals surface area contributed by atoms with Crippen LogP contribution in [0.2, 0.25) is 0 Å². The summed E-state index contributed by atoms with van der Waals surface area (Å²) in [7, 11) is 0. The van der Waals surface area contributed by atoms with Crippen molar-refractivity contribution in [2.45, 2.75) is 25.9 Å². The van der Waals surface area contributed by atoms with Gasteiger partial charge >= 0.3 is 5.69 Å². The lowest BCUT2D eigenvalue weighted by Crippen LogP contribution is -2.48. The van der Waals surface area contributed by atoms with Gasteiger partial charge in [-0.2, -0.15) is 11.8 Å². The van der Waals surface area contributed by atoms with Crippen molar-refractivity contribution in [3.05, 3.63) is 39.2 Å². The number of H-pyrrole nitrogens is 1. The number of pyridine rings is 1. The number of fused-ring (bicyclic) bond motifs is 1. The second-order valence-electron chi connectivity index (χ2n) is 5.61. The molecule has 3 N–H and O–H groups in total. The van der Waals surface area contributed by atoms with Crippen molar-refractivity contribution in [2.75, 3.05) is 18.6 Å². The van der Waals surface area contributed by atoms with Crippen molar-refractivity contribution in [3.63, 3.8) is 0 Å². The number of aromatic nitrogens is 3. The lowest BCUT2D eigenvalue weighted by atomic mass is 10.2. The minimum Gasteiger partial charge on any atom is -0.353 e. The highest BCUT2D eigenvalue weighted by molar-refractivity contribution is 7.98. The molecule has 2 amide bonds. The van der Waals surface area contributed by atoms with E-state index in [2.05, 4.69) is 20.6 Å². The molecule has 0 radical (unpaired) electrons. The summed E-state index contributed by atoms with van der Waals surface area (Å²) >= 11 is 1.57. The number of carbonyl (C=O) groups is 2. The first-order valence-corrected chi connectivity index (χ1v) is 9.45. The number of amides is 2. The Morgan fingerprint density at radius 1 is 1.38 bits per heavy atom. The first-order chi connectivity index (χ1) is 12.4. The molecule has 2 rings (SSSR count). The van der Waals surface area contributed by atoms with E-state index in [4.69, 9.17) is 0 Å². The number of rotatable bonds is 8. The minimum absolute atomic E-state index is 0.0139. The average Bonchev–Trinajstić information content (AvgIpc) is 2.60. The van der Waals surface area contributed by atoms with E-state index in [9.17, 15) is 19.2 Å². The number of aromatic amines is 1. The topological polar surface area (TPSA) is 126 Å². The van der Waals surface area contributed by atoms with Gasteiger partial charge in [-0.05, 0) is 30.6 Å². The molecule has 2 aromatic rings. The van der Waals surface area contributed by atoms with Gasteiger partial charge in [0.15, 0.2) is 0 Å². The predicted molar refractivity (Wildman–Crippen MR) is 100 cm³/mol. The zero-order chi connectivity index (χ0) is 19.1. The summed E-state index contributed by atoms with van der Waals surface area (Å²) in [6.45, 7) is 1.45. The van der Waals surface area contributed by atoms with Gasteiger partial charge in [0.2, 0.25) is 11.8 Å². The third kappa shape index (κ3) is 4.94. The van der Waals surface area contributed by atoms with Crippen molar-refractivity contribution >= 4 is 34.6 Å². The highest BCUT2D eigenvalue weighted by Crippen LogP contribution is 2.01. The Morgan fingerprint density at radius 2 is 2.15 bits per heavy atom. The SMILES string of the molecule is CSCC[C@H](NC(C)=O)C(=O)NCCn1c(=O)[nH]c2ncccc2c1=O. The minimum atomic E-state index is -0.643. The molecule has 0 saturated carbocycles. The first-order valence-electron chi connectivity index (χ1n) is 8.05. The van der Waals surface area contributed by atoms with Crippen molar-refractivity contribution in [2.24, 2.45) is 0 Å². The molecule has 0 aromatic carbocycles. The van der Waals surface area contributed by atoms with Crippen LogP contribution in [0.4, 0.5) is 0 Å². The fourth-order valence-electron chi connectivity index (χ4n) is 2.45. The van der Waals surface area contributed by atoms with Crippen LogP contribution in [0.3, 0.4) is 0 Å². The number of hydrogen-bond acceptors (Lipinski definition) is 6. The van der Waals surface area contributed by atoms with Gasteiger partial charge in [-0.1, -0.05) is 0 Å². The summed E-state index contributed by atoms with van der Waals surface area (Å²) in [5.74, 6) is 0.0805. The molecule has 9 nitrogen and oxygen atoms in total. The van der Waals surface area contributed by atoms with Gasteiger partial charge in [0.05, 0.1) is 5.39 Å². The number of thioether (sulfide) groups is 1. The molecule has 10 heteroatoms. The first kappa shape index (κ1) is 19.7. The van der Waals surface area contributed by atoms with Gasteiger partial charge in [-0.25, -0.2) is 9.78 Å². The molecule has 140 valence electrons. The van der Waals surface area contributed by atoms with Crippen LogP contribution in [0, 0.1) is 0 Å². The predicted octanol–water partition coefficient (Wildman–Crippen LogP) is -0.541. The van der Waals surface area contributed by atoms with Gasteiger partial charge in [-0.3, -0.25) is 23.9 Å². The van der Waals surface area contributed by atoms with E-state index in [1.165, 1.54) is 13.1 Å². The Balaban J connectivity index is 2.05. The highest BCUT2D eigenvalue weighted by atomic mass is 32.2. The summed E-state index contributed by atoms with van der Waals surface area (Å²) in [5.41, 5.74) is -0.825. The molecule has 2 aromatic heterocycles. The molecular formula is C16H21N5O4S. The Hall–Kier alpha value is -2.62. The standard InChI is InChI=1S/C16H21N5O4S/c1-10(22)19-12(5-9-26-2)14(23)18-7-8-21-15(24)11-4-3-6-17-13(11)20-16(21)25/h3-4,6,12H,5,7-9H2,1-2H3,(H,18,23)(H,19,22)(H,17,20,25)/t12-/m0/s1. The maximum absolute atomic E-state index is 12.4. The van der Waals surface area contributed by atoms with Crippen LogP contribution in [-0.4, -0.2) is 50.9 Å². The molecule has 1 atom stereocenters. The number of nitrogens with one attached hydrogen (secondary N) is 3. The zero-order valence-electron chi connectivity index (χ0n) is 14.6. The van der Waals surface area contributed by atoms with E-state index in [0.29, 0.717) is 11.8 Å². The summed E-state index contributed by atoms with van der Waals surface area (Å²) in [6.07, 6.45) is 3.89. The fraction of sp³-hybridized carbons (Fsp3) is 0.438. The Kier molecular flexibility index (Phi) is 6.96. The van der Waals surface area contributed by atoms with Crippen LogP contribution in [0.25, 0.3) is 11.0 Å². The van der Waals surface area contributed by atoms with Crippen LogP contribution in [0.5, 0.6) is 0 Å². The summed E-state index contributed by atoms with van der Waals surface area (Å²) in [6, 6.07) is 2.54. The van der Waals surface area contributed by atoms with Gasteiger partial charge in [0.1, 0.15) is 11.7 Å². The Labute approximate surface area is 153 Å². The van der Waals surface area contributed by atoms with Crippen LogP contribution in [-0.2, 0) is 16.1 Å². The van der Waals surface area contributed by atoms with Gasteiger partial charge in [0.25, 0.3) is 5.56 Å².